The van der Waals surface area contributed by atoms with Gasteiger partial charge in [-0.1, -0.05) is 35.3 Å². The highest BCUT2D eigenvalue weighted by atomic mass is 35.5. The Bertz CT molecular complexity index is 1000. The van der Waals surface area contributed by atoms with E-state index in [9.17, 15) is 4.79 Å². The minimum atomic E-state index is -0.228. The van der Waals surface area contributed by atoms with Crippen molar-refractivity contribution in [2.24, 2.45) is 7.05 Å². The number of hydrogen-bond donors (Lipinski definition) is 1. The van der Waals surface area contributed by atoms with Crippen LogP contribution in [-0.2, 0) is 11.8 Å². The van der Waals surface area contributed by atoms with Gasteiger partial charge in [-0.2, -0.15) is 0 Å². The van der Waals surface area contributed by atoms with Gasteiger partial charge in [0.2, 0.25) is 0 Å². The van der Waals surface area contributed by atoms with Crippen LogP contribution in [-0.4, -0.2) is 15.5 Å². The molecule has 4 nitrogen and oxygen atoms in total. The molecule has 4 rings (SSSR count). The molecule has 0 saturated carbocycles. The van der Waals surface area contributed by atoms with Crippen LogP contribution in [0.5, 0.6) is 0 Å². The fraction of sp³-hybridized carbons (Fsp3) is 0.0588. The first-order chi connectivity index (χ1) is 11.0. The molecule has 3 aromatic rings. The zero-order chi connectivity index (χ0) is 16.1. The number of aryl methyl sites for hydroxylation is 1. The summed E-state index contributed by atoms with van der Waals surface area (Å²) in [6, 6.07) is 11.0. The number of fused-ring (bicyclic) bond motifs is 2. The third-order valence-electron chi connectivity index (χ3n) is 3.92. The molecule has 1 aromatic heterocycles. The van der Waals surface area contributed by atoms with Crippen molar-refractivity contribution in [2.45, 2.75) is 0 Å². The second-order valence-electron chi connectivity index (χ2n) is 5.39. The molecule has 23 heavy (non-hydrogen) atoms. The second kappa shape index (κ2) is 5.11. The molecule has 0 spiro atoms. The third-order valence-corrected chi connectivity index (χ3v) is 4.57. The number of amides is 1. The van der Waals surface area contributed by atoms with Gasteiger partial charge in [-0.15, -0.1) is 0 Å². The maximum absolute atomic E-state index is 12.3. The normalized spacial score (nSPS) is 15.7. The van der Waals surface area contributed by atoms with E-state index in [-0.39, 0.29) is 5.91 Å². The Balaban J connectivity index is 1.90. The largest absolute Gasteiger partial charge is 0.334 e. The summed E-state index contributed by atoms with van der Waals surface area (Å²) < 4.78 is 1.93. The molecule has 114 valence electrons. The molecular formula is C17H11Cl2N3O. The summed E-state index contributed by atoms with van der Waals surface area (Å²) in [7, 11) is 1.93. The van der Waals surface area contributed by atoms with E-state index in [0.29, 0.717) is 21.3 Å². The molecule has 2 aromatic carbocycles. The van der Waals surface area contributed by atoms with E-state index in [0.717, 1.165) is 22.2 Å². The average Bonchev–Trinajstić information content (AvgIpc) is 3.05. The standard InChI is InChI=1S/C17H11Cl2N3O/c1-22-8-20-13-6-9(2-5-14(13)22)16(19)15-11-4-3-10(18)7-12(11)21-17(15)23/h2-8H,1H3,(H,21,23)/b16-15+. The Morgan fingerprint density at radius 3 is 2.87 bits per heavy atom. The summed E-state index contributed by atoms with van der Waals surface area (Å²) in [5.74, 6) is -0.228. The van der Waals surface area contributed by atoms with Crippen molar-refractivity contribution in [3.8, 4) is 0 Å². The number of nitrogens with one attached hydrogen (secondary N) is 1. The molecule has 1 amide bonds. The van der Waals surface area contributed by atoms with Crippen molar-refractivity contribution in [2.75, 3.05) is 5.32 Å². The zero-order valence-corrected chi connectivity index (χ0v) is 13.6. The molecule has 1 aliphatic heterocycles. The van der Waals surface area contributed by atoms with Crippen LogP contribution < -0.4 is 5.32 Å². The molecule has 1 N–H and O–H groups in total. The average molecular weight is 344 g/mol. The lowest BCUT2D eigenvalue weighted by atomic mass is 10.0. The van der Waals surface area contributed by atoms with E-state index in [4.69, 9.17) is 23.2 Å². The Kier molecular flexibility index (Phi) is 3.18. The molecule has 2 heterocycles. The monoisotopic (exact) mass is 343 g/mol. The van der Waals surface area contributed by atoms with E-state index >= 15 is 0 Å². The summed E-state index contributed by atoms with van der Waals surface area (Å²) in [6.07, 6.45) is 1.75. The number of halogens is 2. The molecule has 0 atom stereocenters. The Hall–Kier alpha value is -2.30. The summed E-state index contributed by atoms with van der Waals surface area (Å²) in [4.78, 5) is 16.6. The highest BCUT2D eigenvalue weighted by molar-refractivity contribution is 6.59. The van der Waals surface area contributed by atoms with E-state index in [1.165, 1.54) is 0 Å². The van der Waals surface area contributed by atoms with Crippen LogP contribution in [0.1, 0.15) is 11.1 Å². The highest BCUT2D eigenvalue weighted by Crippen LogP contribution is 2.40. The Morgan fingerprint density at radius 2 is 2.04 bits per heavy atom. The maximum atomic E-state index is 12.3. The van der Waals surface area contributed by atoms with E-state index in [2.05, 4.69) is 10.3 Å². The van der Waals surface area contributed by atoms with Crippen LogP contribution >= 0.6 is 23.2 Å². The summed E-state index contributed by atoms with van der Waals surface area (Å²) in [6.45, 7) is 0. The van der Waals surface area contributed by atoms with Gasteiger partial charge in [0.1, 0.15) is 0 Å². The number of nitrogens with zero attached hydrogens (tertiary/aromatic N) is 2. The van der Waals surface area contributed by atoms with Gasteiger partial charge in [-0.05, 0) is 29.8 Å². The summed E-state index contributed by atoms with van der Waals surface area (Å²) in [5.41, 5.74) is 4.48. The lowest BCUT2D eigenvalue weighted by molar-refractivity contribution is -0.110. The summed E-state index contributed by atoms with van der Waals surface area (Å²) >= 11 is 12.5. The van der Waals surface area contributed by atoms with Crippen LogP contribution in [0.15, 0.2) is 42.7 Å². The first kappa shape index (κ1) is 14.3. The van der Waals surface area contributed by atoms with Crippen molar-refractivity contribution in [3.63, 3.8) is 0 Å². The number of carbonyl (C=O) groups excluding carboxylic acids is 1. The highest BCUT2D eigenvalue weighted by Gasteiger charge is 2.27. The molecular weight excluding hydrogens is 333 g/mol. The SMILES string of the molecule is Cn1cnc2cc(/C(Cl)=C3\C(=O)Nc4cc(Cl)ccc43)ccc21. The van der Waals surface area contributed by atoms with Crippen molar-refractivity contribution >= 4 is 56.4 Å². The predicted molar refractivity (Wildman–Crippen MR) is 93.5 cm³/mol. The molecule has 1 aliphatic rings. The number of aromatic nitrogens is 2. The number of hydrogen-bond acceptors (Lipinski definition) is 2. The minimum absolute atomic E-state index is 0.228. The Labute approximate surface area is 142 Å². The van der Waals surface area contributed by atoms with E-state index < -0.39 is 0 Å². The maximum Gasteiger partial charge on any atom is 0.257 e. The van der Waals surface area contributed by atoms with Gasteiger partial charge in [-0.25, -0.2) is 4.98 Å². The van der Waals surface area contributed by atoms with Crippen molar-refractivity contribution in [1.29, 1.82) is 0 Å². The fourth-order valence-electron chi connectivity index (χ4n) is 2.78. The number of carbonyl (C=O) groups is 1. The topological polar surface area (TPSA) is 46.9 Å². The van der Waals surface area contributed by atoms with Gasteiger partial charge in [0.25, 0.3) is 5.91 Å². The molecule has 0 radical (unpaired) electrons. The van der Waals surface area contributed by atoms with Gasteiger partial charge in [0, 0.05) is 17.6 Å². The van der Waals surface area contributed by atoms with Gasteiger partial charge in [-0.3, -0.25) is 4.79 Å². The molecule has 0 fully saturated rings. The van der Waals surface area contributed by atoms with Gasteiger partial charge < -0.3 is 9.88 Å². The molecule has 0 aliphatic carbocycles. The molecule has 0 saturated heterocycles. The molecule has 6 heteroatoms. The van der Waals surface area contributed by atoms with Gasteiger partial charge in [0.15, 0.2) is 0 Å². The van der Waals surface area contributed by atoms with Crippen molar-refractivity contribution in [1.82, 2.24) is 9.55 Å². The number of benzene rings is 2. The lowest BCUT2D eigenvalue weighted by Crippen LogP contribution is -2.04. The second-order valence-corrected chi connectivity index (χ2v) is 6.21. The minimum Gasteiger partial charge on any atom is -0.334 e. The number of anilines is 1. The molecule has 0 bridgehead atoms. The lowest BCUT2D eigenvalue weighted by Gasteiger charge is -2.05. The van der Waals surface area contributed by atoms with Gasteiger partial charge >= 0.3 is 0 Å². The van der Waals surface area contributed by atoms with Crippen LogP contribution in [0.4, 0.5) is 5.69 Å². The first-order valence-electron chi connectivity index (χ1n) is 6.97. The number of rotatable bonds is 1. The smallest absolute Gasteiger partial charge is 0.257 e. The first-order valence-corrected chi connectivity index (χ1v) is 7.72. The predicted octanol–water partition coefficient (Wildman–Crippen LogP) is 4.29. The van der Waals surface area contributed by atoms with Crippen molar-refractivity contribution < 1.29 is 4.79 Å². The van der Waals surface area contributed by atoms with Crippen LogP contribution in [0.3, 0.4) is 0 Å². The van der Waals surface area contributed by atoms with Crippen LogP contribution in [0.2, 0.25) is 5.02 Å². The Morgan fingerprint density at radius 1 is 1.22 bits per heavy atom. The third kappa shape index (κ3) is 2.22. The van der Waals surface area contributed by atoms with E-state index in [1.54, 1.807) is 24.5 Å². The van der Waals surface area contributed by atoms with E-state index in [1.807, 2.05) is 29.8 Å². The molecule has 0 unspecified atom stereocenters. The zero-order valence-electron chi connectivity index (χ0n) is 12.1. The van der Waals surface area contributed by atoms with Crippen LogP contribution in [0.25, 0.3) is 21.6 Å². The van der Waals surface area contributed by atoms with Gasteiger partial charge in [0.05, 0.1) is 33.7 Å². The fourth-order valence-corrected chi connectivity index (χ4v) is 3.26. The number of imidazole rings is 1. The van der Waals surface area contributed by atoms with Crippen molar-refractivity contribution in [3.05, 3.63) is 58.9 Å². The quantitative estimate of drug-likeness (QED) is 0.670. The van der Waals surface area contributed by atoms with Crippen LogP contribution in [0, 0.1) is 0 Å². The summed E-state index contributed by atoms with van der Waals surface area (Å²) in [5, 5.41) is 3.76.